The Morgan fingerprint density at radius 1 is 1.18 bits per heavy atom. The summed E-state index contributed by atoms with van der Waals surface area (Å²) in [5.41, 5.74) is 1.16. The van der Waals surface area contributed by atoms with Crippen LogP contribution in [0.1, 0.15) is 41.6 Å². The van der Waals surface area contributed by atoms with Crippen LogP contribution in [0.4, 0.5) is 10.9 Å². The Labute approximate surface area is 237 Å². The third kappa shape index (κ3) is 6.57. The SMILES string of the molecule is CC1CCCN1Cc1sc(NC(=O)c2cnc(N3CCN(CCC(=O)O)CC3)cn2)nc1-c1cc(Br)cs1. The first-order valence-corrected chi connectivity index (χ1v) is 15.2. The Bertz CT molecular complexity index is 1270. The molecule has 13 heteroatoms. The maximum absolute atomic E-state index is 13.0. The number of amides is 1. The van der Waals surface area contributed by atoms with E-state index in [0.29, 0.717) is 23.5 Å². The molecule has 0 bridgehead atoms. The van der Waals surface area contributed by atoms with E-state index in [1.54, 1.807) is 17.5 Å². The van der Waals surface area contributed by atoms with Gasteiger partial charge < -0.3 is 10.0 Å². The standard InChI is InChI=1S/C25H30BrN7O3S2/c1-16-3-2-5-33(16)14-20-23(19-11-17(26)15-37-19)29-25(38-20)30-24(36)18-12-28-21(13-27-18)32-9-7-31(8-10-32)6-4-22(34)35/h11-13,15-16H,2-10,14H2,1H3,(H,34,35)(H,29,30,36). The molecule has 2 fully saturated rings. The van der Waals surface area contributed by atoms with Crippen molar-refractivity contribution in [2.75, 3.05) is 49.5 Å². The van der Waals surface area contributed by atoms with Gasteiger partial charge in [0.05, 0.1) is 29.4 Å². The molecule has 202 valence electrons. The predicted molar refractivity (Wildman–Crippen MR) is 153 cm³/mol. The summed E-state index contributed by atoms with van der Waals surface area (Å²) in [4.78, 5) is 46.4. The normalized spacial score (nSPS) is 18.7. The smallest absolute Gasteiger partial charge is 0.304 e. The van der Waals surface area contributed by atoms with Crippen LogP contribution in [0.3, 0.4) is 0 Å². The lowest BCUT2D eigenvalue weighted by molar-refractivity contribution is -0.137. The molecule has 0 aromatic carbocycles. The molecule has 38 heavy (non-hydrogen) atoms. The predicted octanol–water partition coefficient (Wildman–Crippen LogP) is 4.26. The molecule has 1 amide bonds. The molecule has 5 heterocycles. The summed E-state index contributed by atoms with van der Waals surface area (Å²) in [6, 6.07) is 2.61. The van der Waals surface area contributed by atoms with E-state index in [1.807, 2.05) is 5.38 Å². The molecule has 0 aliphatic carbocycles. The van der Waals surface area contributed by atoms with Gasteiger partial charge >= 0.3 is 5.97 Å². The van der Waals surface area contributed by atoms with E-state index in [4.69, 9.17) is 10.1 Å². The van der Waals surface area contributed by atoms with Gasteiger partial charge in [0.2, 0.25) is 0 Å². The Morgan fingerprint density at radius 3 is 2.63 bits per heavy atom. The number of carbonyl (C=O) groups excluding carboxylic acids is 1. The molecule has 10 nitrogen and oxygen atoms in total. The molecule has 2 saturated heterocycles. The van der Waals surface area contributed by atoms with Gasteiger partial charge in [-0.05, 0) is 48.3 Å². The highest BCUT2D eigenvalue weighted by molar-refractivity contribution is 9.10. The van der Waals surface area contributed by atoms with Crippen molar-refractivity contribution in [1.82, 2.24) is 24.8 Å². The van der Waals surface area contributed by atoms with E-state index in [1.165, 1.54) is 30.4 Å². The number of rotatable bonds is 9. The number of carboxylic acid groups (broad SMARTS) is 1. The quantitative estimate of drug-likeness (QED) is 0.362. The van der Waals surface area contributed by atoms with Gasteiger partial charge in [0.1, 0.15) is 11.5 Å². The number of hydrogen-bond acceptors (Lipinski definition) is 10. The summed E-state index contributed by atoms with van der Waals surface area (Å²) >= 11 is 6.69. The fourth-order valence-electron chi connectivity index (χ4n) is 4.77. The van der Waals surface area contributed by atoms with E-state index >= 15 is 0 Å². The van der Waals surface area contributed by atoms with Crippen LogP contribution in [0.25, 0.3) is 10.6 Å². The second-order valence-electron chi connectivity index (χ2n) is 9.57. The molecule has 2 N–H and O–H groups in total. The molecule has 2 aliphatic heterocycles. The number of halogens is 1. The maximum Gasteiger partial charge on any atom is 0.304 e. The first-order valence-electron chi connectivity index (χ1n) is 12.7. The van der Waals surface area contributed by atoms with Gasteiger partial charge in [-0.3, -0.25) is 24.7 Å². The van der Waals surface area contributed by atoms with Gasteiger partial charge in [-0.25, -0.2) is 15.0 Å². The van der Waals surface area contributed by atoms with Crippen molar-refractivity contribution in [2.24, 2.45) is 0 Å². The summed E-state index contributed by atoms with van der Waals surface area (Å²) in [5.74, 6) is -0.407. The lowest BCUT2D eigenvalue weighted by Gasteiger charge is -2.34. The van der Waals surface area contributed by atoms with Crippen molar-refractivity contribution >= 4 is 61.4 Å². The van der Waals surface area contributed by atoms with Crippen molar-refractivity contribution in [2.45, 2.75) is 38.8 Å². The number of nitrogens with one attached hydrogen (secondary N) is 1. The highest BCUT2D eigenvalue weighted by atomic mass is 79.9. The molecule has 3 aromatic rings. The average Bonchev–Trinajstić information content (AvgIpc) is 3.63. The molecular weight excluding hydrogens is 590 g/mol. The topological polar surface area (TPSA) is 115 Å². The highest BCUT2D eigenvalue weighted by Gasteiger charge is 2.25. The number of aromatic nitrogens is 3. The summed E-state index contributed by atoms with van der Waals surface area (Å²) in [7, 11) is 0. The Hall–Kier alpha value is -2.45. The van der Waals surface area contributed by atoms with Crippen LogP contribution in [0.5, 0.6) is 0 Å². The minimum Gasteiger partial charge on any atom is -0.481 e. The summed E-state index contributed by atoms with van der Waals surface area (Å²) < 4.78 is 1.02. The molecule has 5 rings (SSSR count). The monoisotopic (exact) mass is 619 g/mol. The zero-order chi connectivity index (χ0) is 26.6. The molecule has 0 saturated carbocycles. The van der Waals surface area contributed by atoms with E-state index in [-0.39, 0.29) is 18.0 Å². The summed E-state index contributed by atoms with van der Waals surface area (Å²) in [6.45, 7) is 7.71. The number of thiophene rings is 1. The van der Waals surface area contributed by atoms with Crippen molar-refractivity contribution in [3.05, 3.63) is 38.9 Å². The van der Waals surface area contributed by atoms with Crippen molar-refractivity contribution in [1.29, 1.82) is 0 Å². The summed E-state index contributed by atoms with van der Waals surface area (Å²) in [6.07, 6.45) is 5.68. The number of anilines is 2. The first-order chi connectivity index (χ1) is 18.4. The Kier molecular flexibility index (Phi) is 8.68. The average molecular weight is 621 g/mol. The number of hydrogen-bond donors (Lipinski definition) is 2. The third-order valence-corrected chi connectivity index (χ3v) is 9.62. The van der Waals surface area contributed by atoms with Gasteiger partial charge in [-0.2, -0.15) is 0 Å². The Morgan fingerprint density at radius 2 is 2.00 bits per heavy atom. The van der Waals surface area contributed by atoms with E-state index in [2.05, 4.69) is 58.9 Å². The molecule has 0 radical (unpaired) electrons. The van der Waals surface area contributed by atoms with Crippen molar-refractivity contribution in [3.63, 3.8) is 0 Å². The Balaban J connectivity index is 1.23. The molecular formula is C25H30BrN7O3S2. The van der Waals surface area contributed by atoms with E-state index < -0.39 is 5.97 Å². The van der Waals surface area contributed by atoms with Gasteiger partial charge in [0.25, 0.3) is 5.91 Å². The van der Waals surface area contributed by atoms with Crippen LogP contribution in [-0.4, -0.2) is 87.0 Å². The van der Waals surface area contributed by atoms with Gasteiger partial charge in [-0.1, -0.05) is 11.3 Å². The molecule has 1 unspecified atom stereocenters. The number of likely N-dealkylation sites (tertiary alicyclic amines) is 1. The zero-order valence-electron chi connectivity index (χ0n) is 21.1. The van der Waals surface area contributed by atoms with Crippen LogP contribution >= 0.6 is 38.6 Å². The zero-order valence-corrected chi connectivity index (χ0v) is 24.3. The van der Waals surface area contributed by atoms with Crippen molar-refractivity contribution in [3.8, 4) is 10.6 Å². The second-order valence-corrected chi connectivity index (χ2v) is 12.5. The minimum absolute atomic E-state index is 0.147. The number of aliphatic carboxylic acids is 1. The maximum atomic E-state index is 13.0. The number of nitrogens with zero attached hydrogens (tertiary/aromatic N) is 6. The number of thiazole rings is 1. The van der Waals surface area contributed by atoms with Gasteiger partial charge in [-0.15, -0.1) is 11.3 Å². The number of carboxylic acids is 1. The minimum atomic E-state index is -0.779. The van der Waals surface area contributed by atoms with Gasteiger partial charge in [0.15, 0.2) is 5.13 Å². The molecule has 1 atom stereocenters. The van der Waals surface area contributed by atoms with Crippen molar-refractivity contribution < 1.29 is 14.7 Å². The molecule has 0 spiro atoms. The van der Waals surface area contributed by atoms with Crippen LogP contribution in [0, 0.1) is 0 Å². The molecule has 2 aliphatic rings. The first kappa shape index (κ1) is 27.1. The number of carbonyl (C=O) groups is 2. The van der Waals surface area contributed by atoms with Crippen LogP contribution < -0.4 is 10.2 Å². The number of piperazine rings is 1. The van der Waals surface area contributed by atoms with E-state index in [9.17, 15) is 9.59 Å². The second kappa shape index (κ2) is 12.2. The largest absolute Gasteiger partial charge is 0.481 e. The fraction of sp³-hybridized carbons (Fsp3) is 0.480. The lowest BCUT2D eigenvalue weighted by atomic mass is 10.2. The molecule has 3 aromatic heterocycles. The summed E-state index contributed by atoms with van der Waals surface area (Å²) in [5, 5.41) is 14.4. The highest BCUT2D eigenvalue weighted by Crippen LogP contribution is 2.38. The fourth-order valence-corrected chi connectivity index (χ4v) is 7.28. The van der Waals surface area contributed by atoms with Gasteiger partial charge in [0, 0.05) is 60.0 Å². The van der Waals surface area contributed by atoms with Crippen LogP contribution in [0.15, 0.2) is 28.3 Å². The van der Waals surface area contributed by atoms with Crippen LogP contribution in [0.2, 0.25) is 0 Å². The van der Waals surface area contributed by atoms with E-state index in [0.717, 1.165) is 59.2 Å². The lowest BCUT2D eigenvalue weighted by Crippen LogP contribution is -2.47. The third-order valence-electron chi connectivity index (χ3n) is 6.96. The van der Waals surface area contributed by atoms with Crippen LogP contribution in [-0.2, 0) is 11.3 Å².